The van der Waals surface area contributed by atoms with Crippen molar-refractivity contribution in [3.63, 3.8) is 0 Å². The lowest BCUT2D eigenvalue weighted by Gasteiger charge is -2.32. The number of rotatable bonds is 2. The van der Waals surface area contributed by atoms with E-state index < -0.39 is 17.3 Å². The van der Waals surface area contributed by atoms with Crippen LogP contribution in [0.2, 0.25) is 5.02 Å². The van der Waals surface area contributed by atoms with E-state index in [9.17, 15) is 18.0 Å². The molecule has 0 amide bonds. The Kier molecular flexibility index (Phi) is 4.73. The van der Waals surface area contributed by atoms with E-state index in [2.05, 4.69) is 17.0 Å². The summed E-state index contributed by atoms with van der Waals surface area (Å²) in [5.74, 6) is 0.610. The van der Waals surface area contributed by atoms with Crippen LogP contribution >= 0.6 is 11.6 Å². The van der Waals surface area contributed by atoms with Crippen LogP contribution in [0, 0.1) is 5.92 Å². The number of alkyl halides is 3. The fourth-order valence-electron chi connectivity index (χ4n) is 2.74. The summed E-state index contributed by atoms with van der Waals surface area (Å²) >= 11 is 6.20. The number of aromatic nitrogens is 3. The molecule has 134 valence electrons. The Balaban J connectivity index is 1.91. The minimum Gasteiger partial charge on any atom is -0.369 e. The van der Waals surface area contributed by atoms with Crippen LogP contribution in [0.5, 0.6) is 0 Å². The van der Waals surface area contributed by atoms with Crippen molar-refractivity contribution in [2.75, 3.05) is 18.0 Å². The number of nitrogens with zero attached hydrogens (tertiary/aromatic N) is 4. The maximum atomic E-state index is 12.6. The highest BCUT2D eigenvalue weighted by molar-refractivity contribution is 6.33. The van der Waals surface area contributed by atoms with Crippen molar-refractivity contribution in [3.05, 3.63) is 45.5 Å². The molecule has 5 nitrogen and oxygen atoms in total. The molecule has 2 aromatic rings. The fraction of sp³-hybridized carbons (Fsp3) is 0.438. The molecule has 2 aromatic heterocycles. The molecule has 0 unspecified atom stereocenters. The topological polar surface area (TPSA) is 51.0 Å². The van der Waals surface area contributed by atoms with Crippen molar-refractivity contribution in [3.8, 4) is 5.82 Å². The van der Waals surface area contributed by atoms with E-state index in [1.54, 1.807) is 0 Å². The van der Waals surface area contributed by atoms with Crippen LogP contribution in [-0.2, 0) is 6.18 Å². The molecule has 3 heterocycles. The van der Waals surface area contributed by atoms with E-state index in [-0.39, 0.29) is 10.8 Å². The first kappa shape index (κ1) is 17.7. The van der Waals surface area contributed by atoms with Crippen LogP contribution in [0.25, 0.3) is 5.82 Å². The quantitative estimate of drug-likeness (QED) is 0.809. The molecule has 0 radical (unpaired) electrons. The van der Waals surface area contributed by atoms with E-state index in [1.165, 1.54) is 6.20 Å². The number of hydrogen-bond donors (Lipinski definition) is 0. The normalized spacial score (nSPS) is 16.3. The second kappa shape index (κ2) is 6.67. The molecule has 0 spiro atoms. The minimum atomic E-state index is -4.49. The second-order valence-corrected chi connectivity index (χ2v) is 6.51. The predicted molar refractivity (Wildman–Crippen MR) is 88.3 cm³/mol. The molecule has 0 aliphatic carbocycles. The third-order valence-corrected chi connectivity index (χ3v) is 4.67. The van der Waals surface area contributed by atoms with Gasteiger partial charge in [0, 0.05) is 19.3 Å². The molecule has 0 bridgehead atoms. The first-order valence-electron chi connectivity index (χ1n) is 7.84. The third kappa shape index (κ3) is 3.63. The Hall–Kier alpha value is -2.09. The van der Waals surface area contributed by atoms with Gasteiger partial charge in [-0.1, -0.05) is 18.5 Å². The van der Waals surface area contributed by atoms with Crippen LogP contribution in [0.4, 0.5) is 18.9 Å². The summed E-state index contributed by atoms with van der Waals surface area (Å²) in [5, 5.41) is 4.02. The van der Waals surface area contributed by atoms with Gasteiger partial charge in [0.15, 0.2) is 5.82 Å². The molecule has 3 rings (SSSR count). The van der Waals surface area contributed by atoms with Gasteiger partial charge in [-0.05, 0) is 30.9 Å². The molecule has 1 aliphatic heterocycles. The molecule has 9 heteroatoms. The van der Waals surface area contributed by atoms with Crippen LogP contribution < -0.4 is 10.5 Å². The molecule has 0 N–H and O–H groups in total. The third-order valence-electron chi connectivity index (χ3n) is 4.32. The van der Waals surface area contributed by atoms with E-state index in [0.717, 1.165) is 42.7 Å². The fourth-order valence-corrected chi connectivity index (χ4v) is 2.98. The molecular formula is C16H16ClF3N4O. The van der Waals surface area contributed by atoms with Crippen molar-refractivity contribution in [1.82, 2.24) is 14.8 Å². The molecule has 25 heavy (non-hydrogen) atoms. The maximum absolute atomic E-state index is 12.6. The summed E-state index contributed by atoms with van der Waals surface area (Å²) in [5.41, 5.74) is -0.957. The monoisotopic (exact) mass is 372 g/mol. The van der Waals surface area contributed by atoms with Crippen LogP contribution in [-0.4, -0.2) is 27.9 Å². The van der Waals surface area contributed by atoms with Gasteiger partial charge in [-0.15, -0.1) is 0 Å². The smallest absolute Gasteiger partial charge is 0.369 e. The summed E-state index contributed by atoms with van der Waals surface area (Å²) in [7, 11) is 0. The van der Waals surface area contributed by atoms with Gasteiger partial charge in [0.2, 0.25) is 0 Å². The summed E-state index contributed by atoms with van der Waals surface area (Å²) in [6, 6.07) is 1.94. The Morgan fingerprint density at radius 2 is 1.88 bits per heavy atom. The number of pyridine rings is 1. The maximum Gasteiger partial charge on any atom is 0.417 e. The van der Waals surface area contributed by atoms with Crippen LogP contribution in [0.15, 0.2) is 29.3 Å². The lowest BCUT2D eigenvalue weighted by molar-refractivity contribution is -0.137. The zero-order valence-electron chi connectivity index (χ0n) is 13.4. The first-order valence-corrected chi connectivity index (χ1v) is 8.21. The summed E-state index contributed by atoms with van der Waals surface area (Å²) in [6.07, 6.45) is -0.368. The molecule has 0 atom stereocenters. The van der Waals surface area contributed by atoms with Crippen molar-refractivity contribution in [2.45, 2.75) is 25.9 Å². The molecule has 0 saturated carbocycles. The van der Waals surface area contributed by atoms with E-state index in [0.29, 0.717) is 17.8 Å². The first-order chi connectivity index (χ1) is 11.8. The van der Waals surface area contributed by atoms with E-state index >= 15 is 0 Å². The van der Waals surface area contributed by atoms with Gasteiger partial charge in [0.25, 0.3) is 5.56 Å². The van der Waals surface area contributed by atoms with E-state index in [4.69, 9.17) is 11.6 Å². The number of halogens is 4. The van der Waals surface area contributed by atoms with Gasteiger partial charge < -0.3 is 4.90 Å². The van der Waals surface area contributed by atoms with Crippen LogP contribution in [0.1, 0.15) is 25.3 Å². The molecule has 1 fully saturated rings. The average molecular weight is 373 g/mol. The second-order valence-electron chi connectivity index (χ2n) is 6.13. The highest BCUT2D eigenvalue weighted by atomic mass is 35.5. The van der Waals surface area contributed by atoms with Gasteiger partial charge in [-0.3, -0.25) is 4.79 Å². The van der Waals surface area contributed by atoms with Crippen LogP contribution in [0.3, 0.4) is 0 Å². The lowest BCUT2D eigenvalue weighted by Crippen LogP contribution is -2.35. The van der Waals surface area contributed by atoms with Gasteiger partial charge in [-0.25, -0.2) is 4.98 Å². The summed E-state index contributed by atoms with van der Waals surface area (Å²) < 4.78 is 38.7. The zero-order valence-corrected chi connectivity index (χ0v) is 14.2. The highest BCUT2D eigenvalue weighted by Gasteiger charge is 2.31. The molecule has 1 saturated heterocycles. The SMILES string of the molecule is CC1CCN(c2cnn(-c3ccc(C(F)(F)F)cn3)c(=O)c2Cl)CC1. The average Bonchev–Trinajstić information content (AvgIpc) is 2.58. The van der Waals surface area contributed by atoms with Crippen molar-refractivity contribution < 1.29 is 13.2 Å². The number of anilines is 1. The predicted octanol–water partition coefficient (Wildman–Crippen LogP) is 3.54. The molecule has 0 aromatic carbocycles. The minimum absolute atomic E-state index is 0.00810. The molecular weight excluding hydrogens is 357 g/mol. The van der Waals surface area contributed by atoms with Crippen molar-refractivity contribution in [2.24, 2.45) is 5.92 Å². The van der Waals surface area contributed by atoms with Gasteiger partial charge >= 0.3 is 6.18 Å². The Labute approximate surface area is 147 Å². The zero-order chi connectivity index (χ0) is 18.2. The summed E-state index contributed by atoms with van der Waals surface area (Å²) in [4.78, 5) is 18.1. The Bertz CT molecular complexity index is 812. The Morgan fingerprint density at radius 3 is 2.44 bits per heavy atom. The van der Waals surface area contributed by atoms with E-state index in [1.807, 2.05) is 4.90 Å². The lowest BCUT2D eigenvalue weighted by atomic mass is 9.99. The summed E-state index contributed by atoms with van der Waals surface area (Å²) in [6.45, 7) is 3.74. The highest BCUT2D eigenvalue weighted by Crippen LogP contribution is 2.29. The largest absolute Gasteiger partial charge is 0.417 e. The van der Waals surface area contributed by atoms with Gasteiger partial charge in [-0.2, -0.15) is 23.0 Å². The van der Waals surface area contributed by atoms with Crippen molar-refractivity contribution in [1.29, 1.82) is 0 Å². The van der Waals surface area contributed by atoms with Crippen molar-refractivity contribution >= 4 is 17.3 Å². The van der Waals surface area contributed by atoms with Gasteiger partial charge in [0.05, 0.1) is 17.4 Å². The number of piperidine rings is 1. The van der Waals surface area contributed by atoms with Gasteiger partial charge in [0.1, 0.15) is 5.02 Å². The Morgan fingerprint density at radius 1 is 1.20 bits per heavy atom. The standard InChI is InChI=1S/C16H16ClF3N4O/c1-10-4-6-23(7-5-10)12-9-22-24(15(25)14(12)17)13-3-2-11(8-21-13)16(18,19)20/h2-3,8-10H,4-7H2,1H3. The molecule has 1 aliphatic rings. The number of hydrogen-bond acceptors (Lipinski definition) is 4.